The fraction of sp³-hybridized carbons (Fsp3) is 0.333. The maximum Gasteiger partial charge on any atom is 0.263 e. The van der Waals surface area contributed by atoms with Crippen LogP contribution in [0, 0.1) is 0 Å². The van der Waals surface area contributed by atoms with E-state index < -0.39 is 12.0 Å². The summed E-state index contributed by atoms with van der Waals surface area (Å²) in [5.74, 6) is -0.552. The number of carbonyl (C=O) groups is 2. The zero-order chi connectivity index (χ0) is 13.3. The molecule has 0 bridgehead atoms. The molecule has 96 valence electrons. The Morgan fingerprint density at radius 1 is 1.50 bits per heavy atom. The van der Waals surface area contributed by atoms with Crippen molar-refractivity contribution in [2.45, 2.75) is 12.5 Å². The highest BCUT2D eigenvalue weighted by atomic mass is 16.5. The fourth-order valence-electron chi connectivity index (χ4n) is 1.92. The highest BCUT2D eigenvalue weighted by molar-refractivity contribution is 5.97. The van der Waals surface area contributed by atoms with Crippen LogP contribution in [0.3, 0.4) is 0 Å². The summed E-state index contributed by atoms with van der Waals surface area (Å²) in [5, 5.41) is 0. The van der Waals surface area contributed by atoms with Gasteiger partial charge in [-0.1, -0.05) is 6.07 Å². The smallest absolute Gasteiger partial charge is 0.263 e. The number of likely N-dealkylation sites (N-methyl/N-ethyl adjacent to an activating group) is 1. The molecule has 4 N–H and O–H groups in total. The molecule has 0 spiro atoms. The van der Waals surface area contributed by atoms with Crippen LogP contribution in [0.1, 0.15) is 16.8 Å². The van der Waals surface area contributed by atoms with Crippen molar-refractivity contribution < 1.29 is 14.3 Å². The molecular formula is C12H15N3O3. The third-order valence-electron chi connectivity index (χ3n) is 2.95. The van der Waals surface area contributed by atoms with Gasteiger partial charge in [0.25, 0.3) is 11.8 Å². The van der Waals surface area contributed by atoms with E-state index in [0.717, 1.165) is 0 Å². The SMILES string of the molecule is CN1CCC(Oc2c(N)cccc2C(N)=O)C1=O. The summed E-state index contributed by atoms with van der Waals surface area (Å²) >= 11 is 0. The number of hydrogen-bond donors (Lipinski definition) is 2. The molecular weight excluding hydrogens is 234 g/mol. The third-order valence-corrected chi connectivity index (χ3v) is 2.95. The minimum Gasteiger partial charge on any atom is -0.478 e. The molecule has 0 radical (unpaired) electrons. The largest absolute Gasteiger partial charge is 0.478 e. The van der Waals surface area contributed by atoms with E-state index in [1.807, 2.05) is 0 Å². The average molecular weight is 249 g/mol. The second kappa shape index (κ2) is 4.56. The average Bonchev–Trinajstić information content (AvgIpc) is 2.63. The normalized spacial score (nSPS) is 19.1. The number of primary amides is 1. The molecule has 1 unspecified atom stereocenters. The molecule has 6 heteroatoms. The predicted octanol–water partition coefficient (Wildman–Crippen LogP) is -0.0228. The van der Waals surface area contributed by atoms with Crippen LogP contribution in [0.25, 0.3) is 0 Å². The summed E-state index contributed by atoms with van der Waals surface area (Å²) in [4.78, 5) is 24.6. The summed E-state index contributed by atoms with van der Waals surface area (Å²) in [7, 11) is 1.70. The quantitative estimate of drug-likeness (QED) is 0.735. The molecule has 0 saturated carbocycles. The van der Waals surface area contributed by atoms with Crippen molar-refractivity contribution in [2.75, 3.05) is 19.3 Å². The van der Waals surface area contributed by atoms with E-state index in [-0.39, 0.29) is 17.2 Å². The van der Waals surface area contributed by atoms with Crippen LogP contribution in [-0.4, -0.2) is 36.4 Å². The van der Waals surface area contributed by atoms with E-state index in [9.17, 15) is 9.59 Å². The standard InChI is InChI=1S/C12H15N3O3/c1-15-6-5-9(12(15)17)18-10-7(11(14)16)3-2-4-8(10)13/h2-4,9H,5-6,13H2,1H3,(H2,14,16). The number of anilines is 1. The summed E-state index contributed by atoms with van der Waals surface area (Å²) in [6, 6.07) is 4.74. The summed E-state index contributed by atoms with van der Waals surface area (Å²) in [6.07, 6.45) is -0.0280. The Labute approximate surface area is 104 Å². The van der Waals surface area contributed by atoms with Crippen LogP contribution in [-0.2, 0) is 4.79 Å². The Hall–Kier alpha value is -2.24. The van der Waals surface area contributed by atoms with Gasteiger partial charge in [0, 0.05) is 20.0 Å². The highest BCUT2D eigenvalue weighted by Crippen LogP contribution is 2.29. The molecule has 1 saturated heterocycles. The first kappa shape index (κ1) is 12.2. The molecule has 1 aliphatic rings. The number of ether oxygens (including phenoxy) is 1. The minimum absolute atomic E-state index is 0.117. The Bertz CT molecular complexity index is 501. The van der Waals surface area contributed by atoms with Crippen molar-refractivity contribution in [2.24, 2.45) is 5.73 Å². The van der Waals surface area contributed by atoms with E-state index in [1.54, 1.807) is 24.1 Å². The topological polar surface area (TPSA) is 98.7 Å². The van der Waals surface area contributed by atoms with Crippen molar-refractivity contribution >= 4 is 17.5 Å². The molecule has 6 nitrogen and oxygen atoms in total. The highest BCUT2D eigenvalue weighted by Gasteiger charge is 2.32. The lowest BCUT2D eigenvalue weighted by molar-refractivity contribution is -0.132. The van der Waals surface area contributed by atoms with Crippen LogP contribution >= 0.6 is 0 Å². The second-order valence-electron chi connectivity index (χ2n) is 4.24. The van der Waals surface area contributed by atoms with Crippen LogP contribution in [0.2, 0.25) is 0 Å². The first-order valence-corrected chi connectivity index (χ1v) is 5.60. The zero-order valence-electron chi connectivity index (χ0n) is 10.1. The Morgan fingerprint density at radius 3 is 2.78 bits per heavy atom. The number of para-hydroxylation sites is 1. The number of likely N-dealkylation sites (tertiary alicyclic amines) is 1. The van der Waals surface area contributed by atoms with Crippen molar-refractivity contribution in [1.29, 1.82) is 0 Å². The van der Waals surface area contributed by atoms with Gasteiger partial charge in [0.15, 0.2) is 11.9 Å². The van der Waals surface area contributed by atoms with Gasteiger partial charge in [0.05, 0.1) is 11.3 Å². The summed E-state index contributed by atoms with van der Waals surface area (Å²) in [5.41, 5.74) is 11.5. The molecule has 0 aliphatic carbocycles. The van der Waals surface area contributed by atoms with Crippen molar-refractivity contribution in [3.8, 4) is 5.75 Å². The molecule has 0 aromatic heterocycles. The third kappa shape index (κ3) is 2.09. The van der Waals surface area contributed by atoms with Gasteiger partial charge in [0.1, 0.15) is 0 Å². The number of nitrogens with zero attached hydrogens (tertiary/aromatic N) is 1. The minimum atomic E-state index is -0.629. The predicted molar refractivity (Wildman–Crippen MR) is 66.0 cm³/mol. The van der Waals surface area contributed by atoms with E-state index in [4.69, 9.17) is 16.2 Å². The van der Waals surface area contributed by atoms with E-state index in [2.05, 4.69) is 0 Å². The van der Waals surface area contributed by atoms with Crippen molar-refractivity contribution in [3.63, 3.8) is 0 Å². The summed E-state index contributed by atoms with van der Waals surface area (Å²) in [6.45, 7) is 0.627. The molecule has 1 aromatic carbocycles. The number of carbonyl (C=O) groups excluding carboxylic acids is 2. The Morgan fingerprint density at radius 2 is 2.22 bits per heavy atom. The molecule has 1 atom stereocenters. The van der Waals surface area contributed by atoms with Gasteiger partial charge in [-0.25, -0.2) is 0 Å². The van der Waals surface area contributed by atoms with Gasteiger partial charge in [-0.15, -0.1) is 0 Å². The van der Waals surface area contributed by atoms with Crippen LogP contribution in [0.15, 0.2) is 18.2 Å². The van der Waals surface area contributed by atoms with Crippen molar-refractivity contribution in [3.05, 3.63) is 23.8 Å². The Balaban J connectivity index is 2.29. The summed E-state index contributed by atoms with van der Waals surface area (Å²) < 4.78 is 5.56. The number of nitrogen functional groups attached to an aromatic ring is 1. The number of hydrogen-bond acceptors (Lipinski definition) is 4. The molecule has 1 heterocycles. The fourth-order valence-corrected chi connectivity index (χ4v) is 1.92. The first-order valence-electron chi connectivity index (χ1n) is 5.60. The molecule has 2 rings (SSSR count). The lowest BCUT2D eigenvalue weighted by Gasteiger charge is -2.16. The van der Waals surface area contributed by atoms with Gasteiger partial charge in [-0.05, 0) is 12.1 Å². The van der Waals surface area contributed by atoms with Crippen molar-refractivity contribution in [1.82, 2.24) is 4.90 Å². The molecule has 1 aromatic rings. The first-order chi connectivity index (χ1) is 8.50. The maximum atomic E-state index is 11.7. The van der Waals surface area contributed by atoms with Gasteiger partial charge < -0.3 is 21.1 Å². The number of nitrogens with two attached hydrogens (primary N) is 2. The van der Waals surface area contributed by atoms with Crippen LogP contribution < -0.4 is 16.2 Å². The number of rotatable bonds is 3. The Kier molecular flexibility index (Phi) is 3.10. The lowest BCUT2D eigenvalue weighted by Crippen LogP contribution is -2.30. The zero-order valence-corrected chi connectivity index (χ0v) is 10.1. The number of amides is 2. The van der Waals surface area contributed by atoms with Gasteiger partial charge in [0.2, 0.25) is 0 Å². The monoisotopic (exact) mass is 249 g/mol. The lowest BCUT2D eigenvalue weighted by atomic mass is 10.1. The molecule has 1 aliphatic heterocycles. The van der Waals surface area contributed by atoms with Gasteiger partial charge >= 0.3 is 0 Å². The van der Waals surface area contributed by atoms with Gasteiger partial charge in [-0.2, -0.15) is 0 Å². The van der Waals surface area contributed by atoms with E-state index in [0.29, 0.717) is 18.7 Å². The number of benzene rings is 1. The van der Waals surface area contributed by atoms with Crippen LogP contribution in [0.4, 0.5) is 5.69 Å². The maximum absolute atomic E-state index is 11.7. The van der Waals surface area contributed by atoms with E-state index >= 15 is 0 Å². The van der Waals surface area contributed by atoms with E-state index in [1.165, 1.54) is 6.07 Å². The molecule has 18 heavy (non-hydrogen) atoms. The van der Waals surface area contributed by atoms with Gasteiger partial charge in [-0.3, -0.25) is 9.59 Å². The van der Waals surface area contributed by atoms with Crippen LogP contribution in [0.5, 0.6) is 5.75 Å². The molecule has 1 fully saturated rings. The second-order valence-corrected chi connectivity index (χ2v) is 4.24. The molecule has 2 amide bonds.